The quantitative estimate of drug-likeness (QED) is 0.319. The summed E-state index contributed by atoms with van der Waals surface area (Å²) in [5.41, 5.74) is 1.73. The summed E-state index contributed by atoms with van der Waals surface area (Å²) in [6.45, 7) is 22.8. The first-order chi connectivity index (χ1) is 19.2. The average Bonchev–Trinajstić information content (AvgIpc) is 3.13. The van der Waals surface area contributed by atoms with Crippen molar-refractivity contribution >= 4 is 35.5 Å². The molecular formula is C32H49BN4O4. The lowest BCUT2D eigenvalue weighted by atomic mass is 9.77. The minimum absolute atomic E-state index is 0.0456. The molecule has 0 spiro atoms. The van der Waals surface area contributed by atoms with Gasteiger partial charge in [0.2, 0.25) is 5.95 Å². The maximum absolute atomic E-state index is 12.7. The van der Waals surface area contributed by atoms with E-state index >= 15 is 0 Å². The number of fused-ring (bicyclic) bond motifs is 1. The number of aryl methyl sites for hydroxylation is 1. The van der Waals surface area contributed by atoms with Crippen LogP contribution in [0.15, 0.2) is 43.1 Å². The fourth-order valence-corrected chi connectivity index (χ4v) is 4.83. The van der Waals surface area contributed by atoms with Gasteiger partial charge in [0.05, 0.1) is 22.8 Å². The molecule has 1 N–H and O–H groups in total. The number of benzene rings is 1. The number of rotatable bonds is 6. The van der Waals surface area contributed by atoms with E-state index in [0.717, 1.165) is 47.6 Å². The average molecular weight is 565 g/mol. The number of anilines is 1. The lowest BCUT2D eigenvalue weighted by Gasteiger charge is -2.36. The number of hydrogen-bond donors (Lipinski definition) is 1. The third kappa shape index (κ3) is 8.32. The highest BCUT2D eigenvalue weighted by atomic mass is 16.7. The SMILES string of the molecule is C=C/C=C\C.CCc1cc(B2OC(C)(C)C(C)(C)O2)cc2cnc(NC[C@@H]3CCCCN3C(=O)OC(C)(C)C)nc12. The molecule has 2 aliphatic heterocycles. The zero-order chi connectivity index (χ0) is 30.4. The highest BCUT2D eigenvalue weighted by Crippen LogP contribution is 2.36. The Kier molecular flexibility index (Phi) is 10.6. The number of nitrogens with one attached hydrogen (secondary N) is 1. The number of aromatic nitrogens is 2. The number of carbonyl (C=O) groups is 1. The third-order valence-corrected chi connectivity index (χ3v) is 7.77. The summed E-state index contributed by atoms with van der Waals surface area (Å²) in [6, 6.07) is 4.24. The Morgan fingerprint density at radius 1 is 1.22 bits per heavy atom. The highest BCUT2D eigenvalue weighted by Gasteiger charge is 2.51. The highest BCUT2D eigenvalue weighted by molar-refractivity contribution is 6.62. The Labute approximate surface area is 247 Å². The first-order valence-electron chi connectivity index (χ1n) is 14.8. The maximum atomic E-state index is 12.7. The van der Waals surface area contributed by atoms with Crippen molar-refractivity contribution in [2.24, 2.45) is 0 Å². The second-order valence-corrected chi connectivity index (χ2v) is 12.7. The lowest BCUT2D eigenvalue weighted by Crippen LogP contribution is -2.49. The minimum Gasteiger partial charge on any atom is -0.444 e. The van der Waals surface area contributed by atoms with E-state index in [9.17, 15) is 4.79 Å². The molecule has 9 heteroatoms. The van der Waals surface area contributed by atoms with E-state index in [-0.39, 0.29) is 12.1 Å². The molecule has 2 aliphatic rings. The Hall–Kier alpha value is -2.91. The molecule has 3 heterocycles. The van der Waals surface area contributed by atoms with E-state index in [1.165, 1.54) is 0 Å². The van der Waals surface area contributed by atoms with Crippen LogP contribution in [0.5, 0.6) is 0 Å². The predicted molar refractivity (Wildman–Crippen MR) is 169 cm³/mol. The molecular weight excluding hydrogens is 515 g/mol. The molecule has 41 heavy (non-hydrogen) atoms. The first-order valence-corrected chi connectivity index (χ1v) is 14.8. The number of ether oxygens (including phenoxy) is 1. The number of hydrogen-bond acceptors (Lipinski definition) is 7. The number of allylic oxidation sites excluding steroid dienone is 3. The fourth-order valence-electron chi connectivity index (χ4n) is 4.83. The van der Waals surface area contributed by atoms with Gasteiger partial charge >= 0.3 is 13.2 Å². The van der Waals surface area contributed by atoms with E-state index in [2.05, 4.69) is 63.6 Å². The standard InChI is InChI=1S/C27H41BN4O4.C5H8/c1-9-18-14-20(28-35-26(5,6)27(7,8)36-28)15-19-16-29-23(31-22(18)19)30-17-21-12-10-11-13-32(21)24(33)34-25(2,3)4;1-3-5-4-2/h14-16,21H,9-13,17H2,1-8H3,(H,29,30,31);3-5H,1H2,2H3/b;5-4-/t21-;/m0./s1. The zero-order valence-corrected chi connectivity index (χ0v) is 26.5. The molecule has 8 nitrogen and oxygen atoms in total. The summed E-state index contributed by atoms with van der Waals surface area (Å²) < 4.78 is 18.2. The van der Waals surface area contributed by atoms with E-state index in [0.29, 0.717) is 19.0 Å². The molecule has 1 aromatic carbocycles. The van der Waals surface area contributed by atoms with Crippen molar-refractivity contribution in [3.8, 4) is 0 Å². The minimum atomic E-state index is -0.510. The van der Waals surface area contributed by atoms with Crippen molar-refractivity contribution in [1.82, 2.24) is 14.9 Å². The van der Waals surface area contributed by atoms with Crippen molar-refractivity contribution < 1.29 is 18.8 Å². The van der Waals surface area contributed by atoms with Crippen molar-refractivity contribution in [2.45, 2.75) is 111 Å². The van der Waals surface area contributed by atoms with Gasteiger partial charge < -0.3 is 24.3 Å². The monoisotopic (exact) mass is 564 g/mol. The zero-order valence-electron chi connectivity index (χ0n) is 26.5. The summed E-state index contributed by atoms with van der Waals surface area (Å²) in [7, 11) is -0.423. The molecule has 4 rings (SSSR count). The van der Waals surface area contributed by atoms with Gasteiger partial charge in [-0.25, -0.2) is 14.8 Å². The van der Waals surface area contributed by atoms with Crippen LogP contribution >= 0.6 is 0 Å². The second kappa shape index (κ2) is 13.4. The van der Waals surface area contributed by atoms with Crippen LogP contribution in [0.2, 0.25) is 0 Å². The number of amides is 1. The molecule has 0 unspecified atom stereocenters. The van der Waals surface area contributed by atoms with Crippen LogP contribution in [0.3, 0.4) is 0 Å². The second-order valence-electron chi connectivity index (χ2n) is 12.7. The van der Waals surface area contributed by atoms with Crippen molar-refractivity contribution in [1.29, 1.82) is 0 Å². The molecule has 1 aromatic heterocycles. The summed E-state index contributed by atoms with van der Waals surface area (Å²) in [6.07, 6.45) is 11.0. The number of carbonyl (C=O) groups excluding carboxylic acids is 1. The van der Waals surface area contributed by atoms with Gasteiger partial charge in [-0.15, -0.1) is 0 Å². The Morgan fingerprint density at radius 3 is 2.46 bits per heavy atom. The smallest absolute Gasteiger partial charge is 0.444 e. The van der Waals surface area contributed by atoms with E-state index in [4.69, 9.17) is 19.0 Å². The summed E-state index contributed by atoms with van der Waals surface area (Å²) in [5, 5.41) is 4.33. The van der Waals surface area contributed by atoms with Gasteiger partial charge in [0.1, 0.15) is 5.60 Å². The van der Waals surface area contributed by atoms with Crippen molar-refractivity contribution in [3.05, 3.63) is 48.7 Å². The van der Waals surface area contributed by atoms with Crippen LogP contribution in [0.4, 0.5) is 10.7 Å². The fraction of sp³-hybridized carbons (Fsp3) is 0.594. The van der Waals surface area contributed by atoms with Gasteiger partial charge in [0.15, 0.2) is 0 Å². The topological polar surface area (TPSA) is 85.8 Å². The molecule has 1 amide bonds. The van der Waals surface area contributed by atoms with Gasteiger partial charge in [-0.05, 0) is 92.1 Å². The molecule has 0 saturated carbocycles. The largest absolute Gasteiger partial charge is 0.494 e. The Morgan fingerprint density at radius 2 is 1.90 bits per heavy atom. The number of likely N-dealkylation sites (tertiary alicyclic amines) is 1. The third-order valence-electron chi connectivity index (χ3n) is 7.77. The molecule has 0 bridgehead atoms. The van der Waals surface area contributed by atoms with Crippen LogP contribution in [0, 0.1) is 0 Å². The van der Waals surface area contributed by atoms with Gasteiger partial charge in [-0.3, -0.25) is 0 Å². The molecule has 2 fully saturated rings. The van der Waals surface area contributed by atoms with Crippen LogP contribution < -0.4 is 10.8 Å². The predicted octanol–water partition coefficient (Wildman–Crippen LogP) is 6.44. The molecule has 0 radical (unpaired) electrons. The summed E-state index contributed by atoms with van der Waals surface area (Å²) in [4.78, 5) is 24.0. The van der Waals surface area contributed by atoms with Gasteiger partial charge in [0.25, 0.3) is 0 Å². The van der Waals surface area contributed by atoms with E-state index < -0.39 is 23.9 Å². The lowest BCUT2D eigenvalue weighted by molar-refractivity contribution is 0.00578. The maximum Gasteiger partial charge on any atom is 0.494 e. The summed E-state index contributed by atoms with van der Waals surface area (Å²) >= 11 is 0. The van der Waals surface area contributed by atoms with Crippen LogP contribution in [-0.2, 0) is 20.5 Å². The van der Waals surface area contributed by atoms with Crippen molar-refractivity contribution in [2.75, 3.05) is 18.4 Å². The first kappa shape index (κ1) is 32.6. The molecule has 0 aliphatic carbocycles. The normalized spacial score (nSPS) is 20.1. The van der Waals surface area contributed by atoms with Gasteiger partial charge in [0, 0.05) is 24.7 Å². The Bertz CT molecular complexity index is 1220. The molecule has 224 valence electrons. The van der Waals surface area contributed by atoms with Crippen molar-refractivity contribution in [3.63, 3.8) is 0 Å². The number of piperidine rings is 1. The van der Waals surface area contributed by atoms with Crippen LogP contribution in [0.25, 0.3) is 10.9 Å². The van der Waals surface area contributed by atoms with E-state index in [1.807, 2.05) is 50.9 Å². The molecule has 2 aromatic rings. The molecule has 1 atom stereocenters. The van der Waals surface area contributed by atoms with Gasteiger partial charge in [-0.1, -0.05) is 43.9 Å². The van der Waals surface area contributed by atoms with Crippen LogP contribution in [0.1, 0.15) is 87.1 Å². The number of nitrogens with zero attached hydrogens (tertiary/aromatic N) is 3. The van der Waals surface area contributed by atoms with Crippen LogP contribution in [-0.4, -0.2) is 64.0 Å². The molecule has 2 saturated heterocycles. The summed E-state index contributed by atoms with van der Waals surface area (Å²) in [5.74, 6) is 0.565. The Balaban J connectivity index is 0.000000850. The van der Waals surface area contributed by atoms with Gasteiger partial charge in [-0.2, -0.15) is 0 Å². The van der Waals surface area contributed by atoms with E-state index in [1.54, 1.807) is 6.08 Å².